The first kappa shape index (κ1) is 25.9. The third-order valence-electron chi connectivity index (χ3n) is 9.32. The number of benzene rings is 7. The lowest BCUT2D eigenvalue weighted by Gasteiger charge is -2.12. The molecule has 218 valence electrons. The van der Waals surface area contributed by atoms with Gasteiger partial charge in [-0.3, -0.25) is 0 Å². The number of rotatable bonds is 4. The average molecular weight is 600 g/mol. The molecular weight excluding hydrogens is 574 g/mol. The van der Waals surface area contributed by atoms with Crippen molar-refractivity contribution in [1.82, 2.24) is 15.0 Å². The fourth-order valence-corrected chi connectivity index (χ4v) is 7.15. The van der Waals surface area contributed by atoms with Gasteiger partial charge in [0.25, 0.3) is 0 Å². The Morgan fingerprint density at radius 2 is 0.830 bits per heavy atom. The van der Waals surface area contributed by atoms with Gasteiger partial charge in [-0.15, -0.1) is 0 Å². The Morgan fingerprint density at radius 3 is 1.66 bits per heavy atom. The SMILES string of the molecule is c1ccc(-c2ccc(-c3nc(-c4ccc5c6c(cccc46)-c4ccccc4-5)nc(-c4cccc5oc6ccccc6c45)n3)cc2)cc1. The van der Waals surface area contributed by atoms with Crippen LogP contribution in [0.1, 0.15) is 0 Å². The van der Waals surface area contributed by atoms with Crippen molar-refractivity contribution in [3.8, 4) is 67.5 Å². The van der Waals surface area contributed by atoms with Gasteiger partial charge in [-0.05, 0) is 62.4 Å². The van der Waals surface area contributed by atoms with Crippen LogP contribution in [-0.4, -0.2) is 15.0 Å². The number of nitrogens with zero attached hydrogens (tertiary/aromatic N) is 3. The lowest BCUT2D eigenvalue weighted by Crippen LogP contribution is -2.01. The zero-order chi connectivity index (χ0) is 30.9. The Morgan fingerprint density at radius 1 is 0.298 bits per heavy atom. The molecule has 1 aliphatic rings. The summed E-state index contributed by atoms with van der Waals surface area (Å²) in [7, 11) is 0. The third kappa shape index (κ3) is 3.98. The predicted molar refractivity (Wildman–Crippen MR) is 191 cm³/mol. The van der Waals surface area contributed by atoms with Gasteiger partial charge >= 0.3 is 0 Å². The van der Waals surface area contributed by atoms with Crippen LogP contribution in [0.2, 0.25) is 0 Å². The maximum atomic E-state index is 6.25. The molecular formula is C43H25N3O. The molecule has 47 heavy (non-hydrogen) atoms. The number of furan rings is 1. The van der Waals surface area contributed by atoms with Gasteiger partial charge in [0.2, 0.25) is 0 Å². The average Bonchev–Trinajstić information content (AvgIpc) is 3.69. The summed E-state index contributed by atoms with van der Waals surface area (Å²) < 4.78 is 6.25. The van der Waals surface area contributed by atoms with Crippen LogP contribution < -0.4 is 0 Å². The molecule has 0 unspecified atom stereocenters. The molecule has 0 bridgehead atoms. The van der Waals surface area contributed by atoms with E-state index in [1.165, 1.54) is 33.2 Å². The fourth-order valence-electron chi connectivity index (χ4n) is 7.15. The minimum absolute atomic E-state index is 0.612. The molecule has 0 saturated heterocycles. The Balaban J connectivity index is 1.22. The first-order valence-electron chi connectivity index (χ1n) is 15.8. The van der Waals surface area contributed by atoms with Gasteiger partial charge < -0.3 is 4.42 Å². The fraction of sp³-hybridized carbons (Fsp3) is 0. The number of hydrogen-bond acceptors (Lipinski definition) is 4. The van der Waals surface area contributed by atoms with E-state index in [4.69, 9.17) is 19.4 Å². The standard InChI is InChI=1S/C43H25N3O/c1-2-10-26(11-3-1)27-20-22-28(23-21-27)41-44-42(34-25-24-33-30-13-5-4-12-29(30)31-15-8-16-32(34)39(31)33)46-43(45-41)36-17-9-19-38-40(36)35-14-6-7-18-37(35)47-38/h1-25H. The molecule has 0 radical (unpaired) electrons. The van der Waals surface area contributed by atoms with E-state index in [0.717, 1.165) is 49.6 Å². The van der Waals surface area contributed by atoms with Gasteiger partial charge in [0.05, 0.1) is 0 Å². The summed E-state index contributed by atoms with van der Waals surface area (Å²) in [6.45, 7) is 0. The highest BCUT2D eigenvalue weighted by Gasteiger charge is 2.24. The van der Waals surface area contributed by atoms with Gasteiger partial charge in [-0.1, -0.05) is 133 Å². The maximum Gasteiger partial charge on any atom is 0.164 e. The highest BCUT2D eigenvalue weighted by Crippen LogP contribution is 2.49. The largest absolute Gasteiger partial charge is 0.456 e. The summed E-state index contributed by atoms with van der Waals surface area (Å²) in [6, 6.07) is 52.6. The number of hydrogen-bond donors (Lipinski definition) is 0. The van der Waals surface area contributed by atoms with Crippen molar-refractivity contribution < 1.29 is 4.42 Å². The zero-order valence-corrected chi connectivity index (χ0v) is 25.2. The van der Waals surface area contributed by atoms with Gasteiger partial charge in [-0.25, -0.2) is 15.0 Å². The van der Waals surface area contributed by atoms with E-state index >= 15 is 0 Å². The van der Waals surface area contributed by atoms with Crippen LogP contribution in [-0.2, 0) is 0 Å². The van der Waals surface area contributed by atoms with Crippen molar-refractivity contribution in [2.24, 2.45) is 0 Å². The lowest BCUT2D eigenvalue weighted by molar-refractivity contribution is 0.669. The van der Waals surface area contributed by atoms with Crippen molar-refractivity contribution in [3.05, 3.63) is 152 Å². The van der Waals surface area contributed by atoms with Crippen molar-refractivity contribution in [3.63, 3.8) is 0 Å². The molecule has 0 fully saturated rings. The molecule has 4 heteroatoms. The van der Waals surface area contributed by atoms with Crippen molar-refractivity contribution in [2.75, 3.05) is 0 Å². The lowest BCUT2D eigenvalue weighted by atomic mass is 9.98. The van der Waals surface area contributed by atoms with Crippen LogP contribution in [0.3, 0.4) is 0 Å². The summed E-state index contributed by atoms with van der Waals surface area (Å²) in [6.07, 6.45) is 0. The molecule has 0 atom stereocenters. The predicted octanol–water partition coefficient (Wildman–Crippen LogP) is 11.2. The molecule has 0 N–H and O–H groups in total. The molecule has 9 aromatic rings. The highest BCUT2D eigenvalue weighted by molar-refractivity contribution is 6.18. The van der Waals surface area contributed by atoms with E-state index in [2.05, 4.69) is 115 Å². The van der Waals surface area contributed by atoms with E-state index in [1.807, 2.05) is 36.4 Å². The van der Waals surface area contributed by atoms with E-state index in [-0.39, 0.29) is 0 Å². The number of aromatic nitrogens is 3. The molecule has 0 spiro atoms. The normalized spacial score (nSPS) is 11.8. The molecule has 4 nitrogen and oxygen atoms in total. The quantitative estimate of drug-likeness (QED) is 0.202. The summed E-state index contributed by atoms with van der Waals surface area (Å²) in [5.41, 5.74) is 11.8. The molecule has 10 rings (SSSR count). The molecule has 0 saturated carbocycles. The smallest absolute Gasteiger partial charge is 0.164 e. The maximum absolute atomic E-state index is 6.25. The van der Waals surface area contributed by atoms with Crippen LogP contribution in [0.4, 0.5) is 0 Å². The second-order valence-corrected chi connectivity index (χ2v) is 12.0. The summed E-state index contributed by atoms with van der Waals surface area (Å²) in [5, 5.41) is 4.41. The Bertz CT molecular complexity index is 2640. The Hall–Kier alpha value is -6.39. The first-order chi connectivity index (χ1) is 23.3. The van der Waals surface area contributed by atoms with Gasteiger partial charge in [0.1, 0.15) is 11.2 Å². The van der Waals surface area contributed by atoms with Gasteiger partial charge in [-0.2, -0.15) is 0 Å². The van der Waals surface area contributed by atoms with E-state index in [1.54, 1.807) is 0 Å². The highest BCUT2D eigenvalue weighted by atomic mass is 16.3. The van der Waals surface area contributed by atoms with Crippen molar-refractivity contribution in [2.45, 2.75) is 0 Å². The number of para-hydroxylation sites is 1. The van der Waals surface area contributed by atoms with Gasteiger partial charge in [0, 0.05) is 27.5 Å². The van der Waals surface area contributed by atoms with E-state index < -0.39 is 0 Å². The number of fused-ring (bicyclic) bond motifs is 6. The van der Waals surface area contributed by atoms with E-state index in [0.29, 0.717) is 17.5 Å². The minimum Gasteiger partial charge on any atom is -0.456 e. The van der Waals surface area contributed by atoms with Crippen molar-refractivity contribution in [1.29, 1.82) is 0 Å². The summed E-state index contributed by atoms with van der Waals surface area (Å²) in [5.74, 6) is 1.88. The van der Waals surface area contributed by atoms with Crippen LogP contribution >= 0.6 is 0 Å². The topological polar surface area (TPSA) is 51.8 Å². The molecule has 0 amide bonds. The molecule has 2 aromatic heterocycles. The van der Waals surface area contributed by atoms with Crippen LogP contribution in [0.15, 0.2) is 156 Å². The van der Waals surface area contributed by atoms with Crippen molar-refractivity contribution >= 4 is 32.7 Å². The minimum atomic E-state index is 0.612. The van der Waals surface area contributed by atoms with Gasteiger partial charge in [0.15, 0.2) is 17.5 Å². The molecule has 7 aromatic carbocycles. The second kappa shape index (κ2) is 10.1. The van der Waals surface area contributed by atoms with Crippen LogP contribution in [0, 0.1) is 0 Å². The van der Waals surface area contributed by atoms with Crippen LogP contribution in [0.25, 0.3) is 100 Å². The second-order valence-electron chi connectivity index (χ2n) is 12.0. The molecule has 0 aliphatic heterocycles. The molecule has 1 aliphatic carbocycles. The Kier molecular flexibility index (Phi) is 5.54. The summed E-state index contributed by atoms with van der Waals surface area (Å²) in [4.78, 5) is 15.5. The van der Waals surface area contributed by atoms with E-state index in [9.17, 15) is 0 Å². The van der Waals surface area contributed by atoms with Crippen LogP contribution in [0.5, 0.6) is 0 Å². The first-order valence-corrected chi connectivity index (χ1v) is 15.8. The monoisotopic (exact) mass is 599 g/mol. The molecule has 2 heterocycles. The Labute approximate surface area is 270 Å². The summed E-state index contributed by atoms with van der Waals surface area (Å²) >= 11 is 0. The zero-order valence-electron chi connectivity index (χ0n) is 25.2. The third-order valence-corrected chi connectivity index (χ3v) is 9.32.